The summed E-state index contributed by atoms with van der Waals surface area (Å²) in [7, 11) is 0. The second-order valence-corrected chi connectivity index (χ2v) is 8.75. The van der Waals surface area contributed by atoms with Crippen LogP contribution in [0.3, 0.4) is 0 Å². The molecule has 2 aromatic carbocycles. The number of rotatable bonds is 4. The van der Waals surface area contributed by atoms with Gasteiger partial charge in [-0.1, -0.05) is 36.4 Å². The van der Waals surface area contributed by atoms with Gasteiger partial charge in [0.2, 0.25) is 0 Å². The normalized spacial score (nSPS) is 23.0. The van der Waals surface area contributed by atoms with Gasteiger partial charge in [0.05, 0.1) is 5.56 Å². The lowest BCUT2D eigenvalue weighted by atomic mass is 9.75. The second-order valence-electron chi connectivity index (χ2n) is 8.75. The van der Waals surface area contributed by atoms with Crippen molar-refractivity contribution in [2.24, 2.45) is 5.92 Å². The number of halogens is 3. The van der Waals surface area contributed by atoms with Crippen LogP contribution in [-0.2, 0) is 17.5 Å². The van der Waals surface area contributed by atoms with Crippen LogP contribution in [0.4, 0.5) is 18.0 Å². The van der Waals surface area contributed by atoms with E-state index in [0.717, 1.165) is 37.0 Å². The van der Waals surface area contributed by atoms with Gasteiger partial charge in [-0.05, 0) is 62.3 Å². The number of fused-ring (bicyclic) bond motifs is 2. The quantitative estimate of drug-likeness (QED) is 0.529. The van der Waals surface area contributed by atoms with Crippen molar-refractivity contribution in [1.82, 2.24) is 4.90 Å². The first kappa shape index (κ1) is 22.4. The molecule has 4 rings (SSSR count). The topological polar surface area (TPSA) is 46.6 Å². The number of carbonyl (C=O) groups is 2. The van der Waals surface area contributed by atoms with Gasteiger partial charge >= 0.3 is 12.3 Å². The summed E-state index contributed by atoms with van der Waals surface area (Å²) in [6.45, 7) is 1.74. The predicted molar refractivity (Wildman–Crippen MR) is 113 cm³/mol. The van der Waals surface area contributed by atoms with Crippen molar-refractivity contribution in [3.8, 4) is 0 Å². The van der Waals surface area contributed by atoms with E-state index in [9.17, 15) is 22.8 Å². The van der Waals surface area contributed by atoms with E-state index in [0.29, 0.717) is 24.0 Å². The smallest absolute Gasteiger partial charge is 0.416 e. The summed E-state index contributed by atoms with van der Waals surface area (Å²) < 4.78 is 44.4. The third kappa shape index (κ3) is 4.66. The van der Waals surface area contributed by atoms with Gasteiger partial charge in [-0.2, -0.15) is 13.2 Å². The number of alkyl halides is 3. The van der Waals surface area contributed by atoms with E-state index in [4.69, 9.17) is 4.74 Å². The zero-order valence-electron chi connectivity index (χ0n) is 17.9. The van der Waals surface area contributed by atoms with E-state index in [1.165, 1.54) is 6.07 Å². The number of benzene rings is 2. The molecule has 170 valence electrons. The van der Waals surface area contributed by atoms with E-state index in [2.05, 4.69) is 0 Å². The van der Waals surface area contributed by atoms with Crippen molar-refractivity contribution in [3.05, 3.63) is 70.8 Å². The van der Waals surface area contributed by atoms with E-state index in [-0.39, 0.29) is 36.5 Å². The highest BCUT2D eigenvalue weighted by atomic mass is 19.4. The van der Waals surface area contributed by atoms with Crippen molar-refractivity contribution in [3.63, 3.8) is 0 Å². The lowest BCUT2D eigenvalue weighted by Crippen LogP contribution is -2.55. The molecule has 2 fully saturated rings. The van der Waals surface area contributed by atoms with Gasteiger partial charge in [-0.15, -0.1) is 0 Å². The maximum Gasteiger partial charge on any atom is 0.416 e. The van der Waals surface area contributed by atoms with Crippen LogP contribution in [0, 0.1) is 12.8 Å². The molecule has 2 unspecified atom stereocenters. The van der Waals surface area contributed by atoms with E-state index in [1.807, 2.05) is 30.3 Å². The highest BCUT2D eigenvalue weighted by Gasteiger charge is 2.44. The number of Topliss-reactive ketones (excluding diaryl/α,β-unsaturated/α-hetero) is 1. The number of ether oxygens (including phenoxy) is 1. The molecule has 7 heteroatoms. The molecule has 2 aliphatic rings. The Morgan fingerprint density at radius 3 is 2.28 bits per heavy atom. The summed E-state index contributed by atoms with van der Waals surface area (Å²) in [6, 6.07) is 12.6. The molecule has 2 atom stereocenters. The maximum atomic E-state index is 13.2. The lowest BCUT2D eigenvalue weighted by Gasteiger charge is -2.47. The molecule has 2 aliphatic heterocycles. The number of hydrogen-bond donors (Lipinski definition) is 0. The van der Waals surface area contributed by atoms with Crippen molar-refractivity contribution in [1.29, 1.82) is 0 Å². The fraction of sp³-hybridized carbons (Fsp3) is 0.440. The van der Waals surface area contributed by atoms with E-state index >= 15 is 0 Å². The van der Waals surface area contributed by atoms with Crippen LogP contribution in [0.5, 0.6) is 0 Å². The van der Waals surface area contributed by atoms with Gasteiger partial charge in [0.1, 0.15) is 6.61 Å². The van der Waals surface area contributed by atoms with E-state index in [1.54, 1.807) is 11.8 Å². The average Bonchev–Trinajstić information content (AvgIpc) is 2.76. The fourth-order valence-corrected chi connectivity index (χ4v) is 5.02. The third-order valence-corrected chi connectivity index (χ3v) is 6.58. The maximum absolute atomic E-state index is 13.2. The van der Waals surface area contributed by atoms with Crippen LogP contribution in [0.15, 0.2) is 48.5 Å². The molecule has 0 saturated carbocycles. The molecule has 0 N–H and O–H groups in total. The first-order chi connectivity index (χ1) is 15.2. The first-order valence-electron chi connectivity index (χ1n) is 10.9. The number of ketones is 1. The van der Waals surface area contributed by atoms with Crippen LogP contribution in [0.2, 0.25) is 0 Å². The van der Waals surface area contributed by atoms with Crippen LogP contribution in [-0.4, -0.2) is 28.9 Å². The first-order valence-corrected chi connectivity index (χ1v) is 10.9. The third-order valence-electron chi connectivity index (χ3n) is 6.58. The minimum atomic E-state index is -4.44. The number of amides is 1. The standard InChI is InChI=1S/C25H26F3NO3/c1-16-12-19(25(26,27)28)10-11-22(16)23(30)18-13-20-8-5-9-21(14-18)29(20)24(31)32-15-17-6-3-2-4-7-17/h2-4,6-7,10-12,18,20-21H,5,8-9,13-15H2,1H3. The summed E-state index contributed by atoms with van der Waals surface area (Å²) >= 11 is 0. The largest absolute Gasteiger partial charge is 0.445 e. The summed E-state index contributed by atoms with van der Waals surface area (Å²) in [6.07, 6.45) is -1.20. The van der Waals surface area contributed by atoms with Gasteiger partial charge < -0.3 is 9.64 Å². The summed E-state index contributed by atoms with van der Waals surface area (Å²) in [5.41, 5.74) is 0.828. The Hall–Kier alpha value is -2.83. The molecule has 4 nitrogen and oxygen atoms in total. The molecule has 2 heterocycles. The van der Waals surface area contributed by atoms with Crippen LogP contribution in [0.25, 0.3) is 0 Å². The molecular weight excluding hydrogens is 419 g/mol. The Morgan fingerprint density at radius 2 is 1.69 bits per heavy atom. The minimum Gasteiger partial charge on any atom is -0.445 e. The molecular formula is C25H26F3NO3. The highest BCUT2D eigenvalue weighted by molar-refractivity contribution is 5.99. The molecule has 0 radical (unpaired) electrons. The van der Waals surface area contributed by atoms with Gasteiger partial charge in [0.15, 0.2) is 5.78 Å². The fourth-order valence-electron chi connectivity index (χ4n) is 5.02. The zero-order valence-corrected chi connectivity index (χ0v) is 17.9. The zero-order chi connectivity index (χ0) is 22.9. The van der Waals surface area contributed by atoms with Crippen molar-refractivity contribution < 1.29 is 27.5 Å². The monoisotopic (exact) mass is 445 g/mol. The van der Waals surface area contributed by atoms with Crippen LogP contribution >= 0.6 is 0 Å². The number of aryl methyl sites for hydroxylation is 1. The number of hydrogen-bond acceptors (Lipinski definition) is 3. The summed E-state index contributed by atoms with van der Waals surface area (Å²) in [5.74, 6) is -0.440. The van der Waals surface area contributed by atoms with Gasteiger partial charge in [0.25, 0.3) is 0 Å². The number of piperidine rings is 2. The van der Waals surface area contributed by atoms with Gasteiger partial charge in [0, 0.05) is 23.6 Å². The summed E-state index contributed by atoms with van der Waals surface area (Å²) in [4.78, 5) is 27.8. The van der Waals surface area contributed by atoms with Crippen molar-refractivity contribution in [2.45, 2.75) is 63.9 Å². The Balaban J connectivity index is 1.45. The van der Waals surface area contributed by atoms with Crippen LogP contribution < -0.4 is 0 Å². The highest BCUT2D eigenvalue weighted by Crippen LogP contribution is 2.39. The number of nitrogens with zero attached hydrogens (tertiary/aromatic N) is 1. The second kappa shape index (κ2) is 8.96. The minimum absolute atomic E-state index is 0.0884. The van der Waals surface area contributed by atoms with Gasteiger partial charge in [-0.3, -0.25) is 4.79 Å². The Bertz CT molecular complexity index is 976. The Kier molecular flexibility index (Phi) is 6.26. The average molecular weight is 445 g/mol. The molecule has 0 aromatic heterocycles. The van der Waals surface area contributed by atoms with Crippen molar-refractivity contribution >= 4 is 11.9 Å². The summed E-state index contributed by atoms with van der Waals surface area (Å²) in [5, 5.41) is 0. The molecule has 0 aliphatic carbocycles. The number of carbonyl (C=O) groups excluding carboxylic acids is 2. The molecule has 1 amide bonds. The van der Waals surface area contributed by atoms with Crippen molar-refractivity contribution in [2.75, 3.05) is 0 Å². The molecule has 2 bridgehead atoms. The van der Waals surface area contributed by atoms with Gasteiger partial charge in [-0.25, -0.2) is 4.79 Å². The Labute approximate surface area is 185 Å². The molecule has 0 spiro atoms. The predicted octanol–water partition coefficient (Wildman–Crippen LogP) is 6.17. The molecule has 2 saturated heterocycles. The lowest BCUT2D eigenvalue weighted by molar-refractivity contribution is -0.137. The molecule has 2 aromatic rings. The molecule has 32 heavy (non-hydrogen) atoms. The SMILES string of the molecule is Cc1cc(C(F)(F)F)ccc1C(=O)C1CC2CCCC(C1)N2C(=O)OCc1ccccc1. The van der Waals surface area contributed by atoms with Crippen LogP contribution in [0.1, 0.15) is 59.2 Å². The van der Waals surface area contributed by atoms with E-state index < -0.39 is 11.7 Å². The Morgan fingerprint density at radius 1 is 1.03 bits per heavy atom.